The second kappa shape index (κ2) is 11.4. The molecule has 0 aliphatic carbocycles. The number of unbranched alkanes of at least 4 members (excludes halogenated alkanes) is 1. The molecule has 0 radical (unpaired) electrons. The Morgan fingerprint density at radius 3 is 1.88 bits per heavy atom. The van der Waals surface area contributed by atoms with Crippen molar-refractivity contribution >= 4 is 7.26 Å². The summed E-state index contributed by atoms with van der Waals surface area (Å²) in [4.78, 5) is 0. The van der Waals surface area contributed by atoms with Gasteiger partial charge in [-0.3, -0.25) is 0 Å². The molecule has 0 aromatic carbocycles. The standard InChI is InChI=1S/C14H24P.BrH/c1-5-6-7-8-9-10-11-12-13-14-15(2,3)4;/h5-7,10-13H,1,8-9,14H2,2-4H3;1H/q+1;/p-1/b7-6+,11-10+,13-12+;. The summed E-state index contributed by atoms with van der Waals surface area (Å²) in [6, 6.07) is 0. The largest absolute Gasteiger partial charge is 1.00 e. The fourth-order valence-corrected chi connectivity index (χ4v) is 1.77. The van der Waals surface area contributed by atoms with E-state index in [1.54, 1.807) is 0 Å². The van der Waals surface area contributed by atoms with E-state index in [0.717, 1.165) is 12.8 Å². The molecule has 0 nitrogen and oxygen atoms in total. The lowest BCUT2D eigenvalue weighted by atomic mass is 10.2. The average Bonchev–Trinajstić information content (AvgIpc) is 2.14. The minimum absolute atomic E-state index is 0. The average molecular weight is 303 g/mol. The molecular formula is C14H24BrP. The highest BCUT2D eigenvalue weighted by atomic mass is 79.9. The van der Waals surface area contributed by atoms with E-state index in [1.807, 2.05) is 12.2 Å². The van der Waals surface area contributed by atoms with Gasteiger partial charge in [0.25, 0.3) is 0 Å². The first-order chi connectivity index (χ1) is 7.06. The molecule has 0 heterocycles. The van der Waals surface area contributed by atoms with Crippen LogP contribution in [0.5, 0.6) is 0 Å². The quantitative estimate of drug-likeness (QED) is 0.380. The van der Waals surface area contributed by atoms with Crippen molar-refractivity contribution in [2.75, 3.05) is 26.2 Å². The Morgan fingerprint density at radius 2 is 1.38 bits per heavy atom. The van der Waals surface area contributed by atoms with Crippen molar-refractivity contribution in [3.63, 3.8) is 0 Å². The molecule has 16 heavy (non-hydrogen) atoms. The Morgan fingerprint density at radius 1 is 0.875 bits per heavy atom. The smallest absolute Gasteiger partial charge is 0.0768 e. The third-order valence-corrected chi connectivity index (χ3v) is 3.11. The predicted molar refractivity (Wildman–Crippen MR) is 76.4 cm³/mol. The first-order valence-corrected chi connectivity index (χ1v) is 8.77. The Labute approximate surface area is 112 Å². The van der Waals surface area contributed by atoms with Crippen LogP contribution >= 0.6 is 7.26 Å². The molecule has 0 spiro atoms. The predicted octanol–water partition coefficient (Wildman–Crippen LogP) is 1.53. The van der Waals surface area contributed by atoms with Crippen molar-refractivity contribution in [2.45, 2.75) is 12.8 Å². The van der Waals surface area contributed by atoms with Gasteiger partial charge in [-0.1, -0.05) is 43.0 Å². The molecule has 0 aliphatic rings. The lowest BCUT2D eigenvalue weighted by molar-refractivity contribution is -0.00000341. The second-order valence-corrected chi connectivity index (χ2v) is 9.52. The third-order valence-electron chi connectivity index (χ3n) is 1.81. The van der Waals surface area contributed by atoms with Crippen molar-refractivity contribution in [1.29, 1.82) is 0 Å². The number of rotatable bonds is 7. The van der Waals surface area contributed by atoms with Gasteiger partial charge in [-0.05, 0) is 18.9 Å². The second-order valence-electron chi connectivity index (χ2n) is 4.57. The first-order valence-electron chi connectivity index (χ1n) is 5.46. The van der Waals surface area contributed by atoms with E-state index in [-0.39, 0.29) is 17.0 Å². The Kier molecular flexibility index (Phi) is 12.9. The van der Waals surface area contributed by atoms with Crippen LogP contribution in [0, 0.1) is 0 Å². The molecule has 0 amide bonds. The van der Waals surface area contributed by atoms with Gasteiger partial charge in [0.2, 0.25) is 0 Å². The van der Waals surface area contributed by atoms with Crippen LogP contribution in [-0.4, -0.2) is 26.2 Å². The zero-order valence-electron chi connectivity index (χ0n) is 10.7. The number of allylic oxidation sites excluding steroid dienone is 7. The Hall–Kier alpha value is -0.130. The van der Waals surface area contributed by atoms with Crippen LogP contribution in [0.25, 0.3) is 0 Å². The van der Waals surface area contributed by atoms with E-state index < -0.39 is 7.26 Å². The molecule has 0 rings (SSSR count). The van der Waals surface area contributed by atoms with Gasteiger partial charge < -0.3 is 17.0 Å². The number of halogens is 1. The monoisotopic (exact) mass is 302 g/mol. The van der Waals surface area contributed by atoms with Gasteiger partial charge in [0.05, 0.1) is 6.16 Å². The molecular weight excluding hydrogens is 279 g/mol. The van der Waals surface area contributed by atoms with Crippen molar-refractivity contribution < 1.29 is 17.0 Å². The molecule has 0 unspecified atom stereocenters. The fourth-order valence-electron chi connectivity index (χ4n) is 1.02. The third kappa shape index (κ3) is 16.3. The molecule has 92 valence electrons. The highest BCUT2D eigenvalue weighted by Crippen LogP contribution is 2.46. The normalized spacial score (nSPS) is 12.4. The minimum atomic E-state index is -0.629. The summed E-state index contributed by atoms with van der Waals surface area (Å²) >= 11 is 0. The van der Waals surface area contributed by atoms with Crippen molar-refractivity contribution in [3.8, 4) is 0 Å². The molecule has 0 aromatic rings. The summed E-state index contributed by atoms with van der Waals surface area (Å²) in [7, 11) is -0.629. The molecule has 0 bridgehead atoms. The summed E-state index contributed by atoms with van der Waals surface area (Å²) in [5.41, 5.74) is 0. The molecule has 0 aromatic heterocycles. The zero-order chi connectivity index (χ0) is 11.6. The SMILES string of the molecule is C=C/C=C/CC/C=C/C=C/C[P+](C)(C)C.[Br-]. The summed E-state index contributed by atoms with van der Waals surface area (Å²) in [6.07, 6.45) is 18.2. The maximum atomic E-state index is 3.63. The number of hydrogen-bond acceptors (Lipinski definition) is 0. The van der Waals surface area contributed by atoms with Crippen LogP contribution in [0.3, 0.4) is 0 Å². The maximum absolute atomic E-state index is 3.63. The van der Waals surface area contributed by atoms with Gasteiger partial charge in [0.1, 0.15) is 0 Å². The van der Waals surface area contributed by atoms with Gasteiger partial charge in [-0.25, -0.2) is 0 Å². The maximum Gasteiger partial charge on any atom is 0.0768 e. The van der Waals surface area contributed by atoms with Gasteiger partial charge in [0.15, 0.2) is 0 Å². The lowest BCUT2D eigenvalue weighted by Gasteiger charge is -2.06. The molecule has 0 fully saturated rings. The van der Waals surface area contributed by atoms with E-state index in [1.165, 1.54) is 6.16 Å². The zero-order valence-corrected chi connectivity index (χ0v) is 13.2. The van der Waals surface area contributed by atoms with Gasteiger partial charge in [0, 0.05) is 27.3 Å². The van der Waals surface area contributed by atoms with Crippen molar-refractivity contribution in [1.82, 2.24) is 0 Å². The van der Waals surface area contributed by atoms with Crippen LogP contribution in [0.2, 0.25) is 0 Å². The van der Waals surface area contributed by atoms with E-state index >= 15 is 0 Å². The molecule has 2 heteroatoms. The summed E-state index contributed by atoms with van der Waals surface area (Å²) in [6.45, 7) is 10.7. The van der Waals surface area contributed by atoms with Gasteiger partial charge in [-0.15, -0.1) is 0 Å². The fraction of sp³-hybridized carbons (Fsp3) is 0.429. The Bertz CT molecular complexity index is 244. The van der Waals surface area contributed by atoms with E-state index in [2.05, 4.69) is 57.0 Å². The van der Waals surface area contributed by atoms with Crippen LogP contribution in [0.1, 0.15) is 12.8 Å². The van der Waals surface area contributed by atoms with Crippen LogP contribution < -0.4 is 17.0 Å². The molecule has 0 aliphatic heterocycles. The summed E-state index contributed by atoms with van der Waals surface area (Å²) in [5.74, 6) is 0. The topological polar surface area (TPSA) is 0 Å². The summed E-state index contributed by atoms with van der Waals surface area (Å²) in [5, 5.41) is 0. The van der Waals surface area contributed by atoms with Crippen LogP contribution in [0.15, 0.2) is 49.1 Å². The van der Waals surface area contributed by atoms with Crippen molar-refractivity contribution in [2.24, 2.45) is 0 Å². The molecule has 0 saturated carbocycles. The van der Waals surface area contributed by atoms with Crippen LogP contribution in [-0.2, 0) is 0 Å². The van der Waals surface area contributed by atoms with Crippen LogP contribution in [0.4, 0.5) is 0 Å². The van der Waals surface area contributed by atoms with Gasteiger partial charge >= 0.3 is 0 Å². The lowest BCUT2D eigenvalue weighted by Crippen LogP contribution is -3.00. The first kappa shape index (κ1) is 18.2. The van der Waals surface area contributed by atoms with E-state index in [9.17, 15) is 0 Å². The molecule has 0 N–H and O–H groups in total. The number of hydrogen-bond donors (Lipinski definition) is 0. The highest BCUT2D eigenvalue weighted by molar-refractivity contribution is 7.73. The van der Waals surface area contributed by atoms with E-state index in [0.29, 0.717) is 0 Å². The molecule has 0 saturated heterocycles. The van der Waals surface area contributed by atoms with E-state index in [4.69, 9.17) is 0 Å². The summed E-state index contributed by atoms with van der Waals surface area (Å²) < 4.78 is 0. The minimum Gasteiger partial charge on any atom is -1.00 e. The highest BCUT2D eigenvalue weighted by Gasteiger charge is 2.12. The Balaban J connectivity index is 0. The van der Waals surface area contributed by atoms with Crippen molar-refractivity contribution in [3.05, 3.63) is 49.1 Å². The van der Waals surface area contributed by atoms with Gasteiger partial charge in [-0.2, -0.15) is 0 Å². The molecule has 0 atom stereocenters.